The van der Waals surface area contributed by atoms with Crippen LogP contribution in [0.1, 0.15) is 10.5 Å². The third kappa shape index (κ3) is 3.82. The van der Waals surface area contributed by atoms with Crippen molar-refractivity contribution in [2.75, 3.05) is 5.32 Å². The molecule has 2 heterocycles. The van der Waals surface area contributed by atoms with Crippen molar-refractivity contribution in [3.63, 3.8) is 0 Å². The van der Waals surface area contributed by atoms with Gasteiger partial charge in [-0.25, -0.2) is 9.97 Å². The summed E-state index contributed by atoms with van der Waals surface area (Å²) < 4.78 is 0. The largest absolute Gasteiger partial charge is 0.296 e. The molecule has 3 rings (SSSR count). The standard InChI is InChI=1S/C15H7Cl4N3OS/c16-7-1-2-8(10(18)5-7)11-6-24-15(20-11)22-14(23)13-9(17)3-4-12(19)21-13/h1-6H,(H,20,22,23). The summed E-state index contributed by atoms with van der Waals surface area (Å²) in [6.45, 7) is 0. The topological polar surface area (TPSA) is 54.9 Å². The molecule has 0 aliphatic carbocycles. The third-order valence-electron chi connectivity index (χ3n) is 2.96. The van der Waals surface area contributed by atoms with E-state index in [4.69, 9.17) is 46.4 Å². The highest BCUT2D eigenvalue weighted by molar-refractivity contribution is 7.14. The molecule has 0 saturated carbocycles. The van der Waals surface area contributed by atoms with E-state index in [1.165, 1.54) is 23.5 Å². The van der Waals surface area contributed by atoms with Crippen LogP contribution < -0.4 is 5.32 Å². The molecule has 0 fully saturated rings. The number of nitrogens with zero attached hydrogens (tertiary/aromatic N) is 2. The molecule has 0 saturated heterocycles. The van der Waals surface area contributed by atoms with Gasteiger partial charge in [-0.15, -0.1) is 11.3 Å². The molecule has 1 amide bonds. The van der Waals surface area contributed by atoms with Gasteiger partial charge in [0.25, 0.3) is 5.91 Å². The highest BCUT2D eigenvalue weighted by atomic mass is 35.5. The first-order chi connectivity index (χ1) is 11.4. The van der Waals surface area contributed by atoms with Crippen molar-refractivity contribution in [3.8, 4) is 11.3 Å². The number of hydrogen-bond donors (Lipinski definition) is 1. The van der Waals surface area contributed by atoms with E-state index < -0.39 is 5.91 Å². The zero-order chi connectivity index (χ0) is 17.3. The number of halogens is 4. The average Bonchev–Trinajstić information content (AvgIpc) is 2.97. The lowest BCUT2D eigenvalue weighted by Crippen LogP contribution is -2.14. The fourth-order valence-corrected chi connectivity index (χ4v) is 3.44. The molecule has 0 aliphatic heterocycles. The Morgan fingerprint density at radius 2 is 1.79 bits per heavy atom. The molecule has 9 heteroatoms. The highest BCUT2D eigenvalue weighted by Crippen LogP contribution is 2.32. The Bertz CT molecular complexity index is 929. The summed E-state index contributed by atoms with van der Waals surface area (Å²) in [5.74, 6) is -0.495. The van der Waals surface area contributed by atoms with Gasteiger partial charge in [-0.05, 0) is 30.3 Å². The molecule has 2 aromatic heterocycles. The second-order valence-corrected chi connectivity index (χ2v) is 7.08. The van der Waals surface area contributed by atoms with Gasteiger partial charge in [0.2, 0.25) is 0 Å². The first-order valence-electron chi connectivity index (χ1n) is 6.48. The Kier molecular flexibility index (Phi) is 5.27. The van der Waals surface area contributed by atoms with Crippen LogP contribution in [0.15, 0.2) is 35.7 Å². The summed E-state index contributed by atoms with van der Waals surface area (Å²) in [4.78, 5) is 20.5. The molecule has 1 N–H and O–H groups in total. The fraction of sp³-hybridized carbons (Fsp3) is 0. The lowest BCUT2D eigenvalue weighted by Gasteiger charge is -2.04. The van der Waals surface area contributed by atoms with Crippen molar-refractivity contribution >= 4 is 68.8 Å². The molecular formula is C15H7Cl4N3OS. The Balaban J connectivity index is 1.83. The number of hydrogen-bond acceptors (Lipinski definition) is 4. The van der Waals surface area contributed by atoms with Gasteiger partial charge in [0, 0.05) is 16.0 Å². The lowest BCUT2D eigenvalue weighted by molar-refractivity contribution is 0.102. The van der Waals surface area contributed by atoms with Gasteiger partial charge in [0.1, 0.15) is 10.8 Å². The zero-order valence-corrected chi connectivity index (χ0v) is 15.5. The maximum atomic E-state index is 12.3. The van der Waals surface area contributed by atoms with E-state index in [0.29, 0.717) is 20.9 Å². The molecule has 0 spiro atoms. The van der Waals surface area contributed by atoms with Crippen molar-refractivity contribution in [3.05, 3.63) is 61.6 Å². The number of amides is 1. The Labute approximate surface area is 161 Å². The van der Waals surface area contributed by atoms with Crippen molar-refractivity contribution in [1.82, 2.24) is 9.97 Å². The predicted molar refractivity (Wildman–Crippen MR) is 99.8 cm³/mol. The minimum Gasteiger partial charge on any atom is -0.296 e. The summed E-state index contributed by atoms with van der Waals surface area (Å²) in [6, 6.07) is 8.12. The van der Waals surface area contributed by atoms with Gasteiger partial charge in [-0.2, -0.15) is 0 Å². The SMILES string of the molecule is O=C(Nc1nc(-c2ccc(Cl)cc2Cl)cs1)c1nc(Cl)ccc1Cl. The van der Waals surface area contributed by atoms with Gasteiger partial charge in [-0.1, -0.05) is 46.4 Å². The Hall–Kier alpha value is -1.37. The normalized spacial score (nSPS) is 10.7. The van der Waals surface area contributed by atoms with Crippen molar-refractivity contribution in [1.29, 1.82) is 0 Å². The maximum Gasteiger partial charge on any atom is 0.277 e. The van der Waals surface area contributed by atoms with Crippen LogP contribution in [0.25, 0.3) is 11.3 Å². The van der Waals surface area contributed by atoms with Crippen LogP contribution in [-0.2, 0) is 0 Å². The predicted octanol–water partition coefficient (Wildman–Crippen LogP) is 6.07. The lowest BCUT2D eigenvalue weighted by atomic mass is 10.2. The number of aromatic nitrogens is 2. The molecule has 1 aromatic carbocycles. The van der Waals surface area contributed by atoms with Crippen LogP contribution in [0, 0.1) is 0 Å². The van der Waals surface area contributed by atoms with Crippen LogP contribution in [-0.4, -0.2) is 15.9 Å². The number of anilines is 1. The summed E-state index contributed by atoms with van der Waals surface area (Å²) in [6.07, 6.45) is 0. The number of thiazole rings is 1. The second-order valence-electron chi connectivity index (χ2n) is 4.58. The minimum atomic E-state index is -0.495. The van der Waals surface area contributed by atoms with Gasteiger partial charge < -0.3 is 0 Å². The van der Waals surface area contributed by atoms with E-state index in [-0.39, 0.29) is 15.9 Å². The van der Waals surface area contributed by atoms with Crippen molar-refractivity contribution in [2.45, 2.75) is 0 Å². The summed E-state index contributed by atoms with van der Waals surface area (Å²) in [7, 11) is 0. The van der Waals surface area contributed by atoms with E-state index in [0.717, 1.165) is 5.56 Å². The Morgan fingerprint density at radius 3 is 2.54 bits per heavy atom. The van der Waals surface area contributed by atoms with Crippen LogP contribution in [0.2, 0.25) is 20.2 Å². The van der Waals surface area contributed by atoms with Gasteiger partial charge in [-0.3, -0.25) is 10.1 Å². The highest BCUT2D eigenvalue weighted by Gasteiger charge is 2.16. The zero-order valence-electron chi connectivity index (χ0n) is 11.7. The smallest absolute Gasteiger partial charge is 0.277 e. The molecule has 0 unspecified atom stereocenters. The van der Waals surface area contributed by atoms with E-state index >= 15 is 0 Å². The molecule has 24 heavy (non-hydrogen) atoms. The van der Waals surface area contributed by atoms with Crippen molar-refractivity contribution in [2.24, 2.45) is 0 Å². The molecule has 0 atom stereocenters. The molecule has 122 valence electrons. The molecule has 3 aromatic rings. The number of carbonyl (C=O) groups excluding carboxylic acids is 1. The fourth-order valence-electron chi connectivity index (χ4n) is 1.89. The molecule has 0 radical (unpaired) electrons. The number of pyridine rings is 1. The van der Waals surface area contributed by atoms with Gasteiger partial charge in [0.05, 0.1) is 15.7 Å². The monoisotopic (exact) mass is 417 g/mol. The number of carbonyl (C=O) groups is 1. The van der Waals surface area contributed by atoms with E-state index in [1.54, 1.807) is 23.6 Å². The van der Waals surface area contributed by atoms with Crippen LogP contribution in [0.4, 0.5) is 5.13 Å². The molecule has 0 aliphatic rings. The van der Waals surface area contributed by atoms with Gasteiger partial charge >= 0.3 is 0 Å². The molecule has 0 bridgehead atoms. The second kappa shape index (κ2) is 7.25. The first kappa shape index (κ1) is 17.5. The van der Waals surface area contributed by atoms with Crippen LogP contribution in [0.5, 0.6) is 0 Å². The quantitative estimate of drug-likeness (QED) is 0.525. The first-order valence-corrected chi connectivity index (χ1v) is 8.87. The van der Waals surface area contributed by atoms with Gasteiger partial charge in [0.15, 0.2) is 5.13 Å². The summed E-state index contributed by atoms with van der Waals surface area (Å²) >= 11 is 25.1. The van der Waals surface area contributed by atoms with E-state index in [1.807, 2.05) is 0 Å². The number of benzene rings is 1. The average molecular weight is 419 g/mol. The number of nitrogens with one attached hydrogen (secondary N) is 1. The number of rotatable bonds is 3. The minimum absolute atomic E-state index is 0.0328. The van der Waals surface area contributed by atoms with Crippen LogP contribution in [0.3, 0.4) is 0 Å². The molecular weight excluding hydrogens is 412 g/mol. The third-order valence-corrected chi connectivity index (χ3v) is 4.78. The molecule has 4 nitrogen and oxygen atoms in total. The Morgan fingerprint density at radius 1 is 1.00 bits per heavy atom. The van der Waals surface area contributed by atoms with Crippen LogP contribution >= 0.6 is 57.7 Å². The summed E-state index contributed by atoms with van der Waals surface area (Å²) in [5.41, 5.74) is 1.38. The maximum absolute atomic E-state index is 12.3. The van der Waals surface area contributed by atoms with E-state index in [2.05, 4.69) is 15.3 Å². The van der Waals surface area contributed by atoms with Crippen molar-refractivity contribution < 1.29 is 4.79 Å². The van der Waals surface area contributed by atoms with E-state index in [9.17, 15) is 4.79 Å². The summed E-state index contributed by atoms with van der Waals surface area (Å²) in [5, 5.41) is 6.20.